The van der Waals surface area contributed by atoms with Crippen LogP contribution < -0.4 is 5.32 Å². The van der Waals surface area contributed by atoms with Crippen molar-refractivity contribution in [1.82, 2.24) is 10.3 Å². The molecule has 0 amide bonds. The molecule has 1 N–H and O–H groups in total. The Morgan fingerprint density at radius 3 is 2.32 bits per heavy atom. The normalized spacial score (nSPS) is 24.9. The minimum absolute atomic E-state index is 0.105. The van der Waals surface area contributed by atoms with Gasteiger partial charge in [0, 0.05) is 30.8 Å². The van der Waals surface area contributed by atoms with Crippen molar-refractivity contribution in [2.45, 2.75) is 38.9 Å². The number of nitrogens with zero attached hydrogens (tertiary/aromatic N) is 1. The molecule has 0 aromatic carbocycles. The smallest absolute Gasteiger partial charge is 0.398 e. The highest BCUT2D eigenvalue weighted by atomic mass is 19.1. The van der Waals surface area contributed by atoms with E-state index in [-0.39, 0.29) is 11.6 Å². The molecule has 2 aliphatic rings. The van der Waals surface area contributed by atoms with Crippen LogP contribution in [0.15, 0.2) is 30.1 Å². The average Bonchev–Trinajstić information content (AvgIpc) is 2.63. The summed E-state index contributed by atoms with van der Waals surface area (Å²) in [6.45, 7) is 9.19. The monoisotopic (exact) mass is 304 g/mol. The fourth-order valence-electron chi connectivity index (χ4n) is 2.61. The molecule has 3 heterocycles. The molecule has 2 aliphatic heterocycles. The summed E-state index contributed by atoms with van der Waals surface area (Å²) < 4.78 is 26.9. The van der Waals surface area contributed by atoms with Gasteiger partial charge in [0.1, 0.15) is 5.73 Å². The van der Waals surface area contributed by atoms with Gasteiger partial charge >= 0.3 is 7.12 Å². The van der Waals surface area contributed by atoms with Gasteiger partial charge in [-0.15, -0.1) is 0 Å². The highest BCUT2D eigenvalue weighted by Gasteiger charge is 2.54. The molecule has 0 atom stereocenters. The second kappa shape index (κ2) is 5.44. The molecule has 118 valence electrons. The third kappa shape index (κ3) is 2.60. The van der Waals surface area contributed by atoms with Crippen LogP contribution in [-0.2, 0) is 9.31 Å². The lowest BCUT2D eigenvalue weighted by atomic mass is 9.78. The number of nitrogens with one attached hydrogen (secondary N) is 1. The Kier molecular flexibility index (Phi) is 3.87. The average molecular weight is 304 g/mol. The third-order valence-electron chi connectivity index (χ3n) is 4.85. The Bertz CT molecular complexity index is 569. The van der Waals surface area contributed by atoms with Gasteiger partial charge in [-0.25, -0.2) is 4.39 Å². The van der Waals surface area contributed by atoms with E-state index in [0.717, 1.165) is 13.1 Å². The Hall–Kier alpha value is -1.24. The van der Waals surface area contributed by atoms with E-state index < -0.39 is 18.3 Å². The van der Waals surface area contributed by atoms with Crippen LogP contribution in [0.3, 0.4) is 0 Å². The third-order valence-corrected chi connectivity index (χ3v) is 4.85. The van der Waals surface area contributed by atoms with Gasteiger partial charge in [-0.2, -0.15) is 0 Å². The van der Waals surface area contributed by atoms with Crippen LogP contribution in [0.5, 0.6) is 0 Å². The highest BCUT2D eigenvalue weighted by Crippen LogP contribution is 2.41. The van der Waals surface area contributed by atoms with Gasteiger partial charge in [-0.1, -0.05) is 6.07 Å². The van der Waals surface area contributed by atoms with Crippen molar-refractivity contribution in [2.24, 2.45) is 5.92 Å². The molecule has 2 fully saturated rings. The van der Waals surface area contributed by atoms with Crippen molar-refractivity contribution in [1.29, 1.82) is 0 Å². The summed E-state index contributed by atoms with van der Waals surface area (Å²) in [5.41, 5.74) is -0.215. The summed E-state index contributed by atoms with van der Waals surface area (Å²) in [7, 11) is -0.970. The van der Waals surface area contributed by atoms with Crippen LogP contribution in [0.2, 0.25) is 0 Å². The second-order valence-electron chi connectivity index (χ2n) is 6.92. The molecule has 0 aliphatic carbocycles. The summed E-state index contributed by atoms with van der Waals surface area (Å²) in [6, 6.07) is 5.53. The minimum Gasteiger partial charge on any atom is -0.398 e. The maximum absolute atomic E-state index is 15.2. The van der Waals surface area contributed by atoms with Crippen LogP contribution in [0, 0.1) is 5.92 Å². The molecular weight excluding hydrogens is 282 g/mol. The van der Waals surface area contributed by atoms with E-state index in [0.29, 0.717) is 11.3 Å². The molecule has 3 rings (SSSR count). The zero-order chi connectivity index (χ0) is 16.0. The predicted molar refractivity (Wildman–Crippen MR) is 84.7 cm³/mol. The molecule has 0 spiro atoms. The number of halogens is 1. The van der Waals surface area contributed by atoms with E-state index in [2.05, 4.69) is 10.3 Å². The van der Waals surface area contributed by atoms with Crippen LogP contribution in [0.25, 0.3) is 5.57 Å². The van der Waals surface area contributed by atoms with E-state index in [1.54, 1.807) is 6.20 Å². The predicted octanol–water partition coefficient (Wildman–Crippen LogP) is 2.61. The van der Waals surface area contributed by atoms with Crippen LogP contribution in [0.4, 0.5) is 4.39 Å². The second-order valence-corrected chi connectivity index (χ2v) is 6.92. The highest BCUT2D eigenvalue weighted by molar-refractivity contribution is 6.55. The largest absolute Gasteiger partial charge is 0.525 e. The molecule has 0 radical (unpaired) electrons. The first kappa shape index (κ1) is 15.7. The van der Waals surface area contributed by atoms with Gasteiger partial charge in [-0.3, -0.25) is 4.98 Å². The minimum atomic E-state index is -0.970. The molecule has 6 heteroatoms. The SMILES string of the molecule is CC1(C)OB(C(F)=C(c2ccccn2)C2CNC2)OC1(C)C. The molecule has 0 saturated carbocycles. The van der Waals surface area contributed by atoms with E-state index >= 15 is 4.39 Å². The number of hydrogen-bond donors (Lipinski definition) is 1. The van der Waals surface area contributed by atoms with Gasteiger partial charge in [0.2, 0.25) is 0 Å². The Morgan fingerprint density at radius 1 is 1.23 bits per heavy atom. The molecule has 0 unspecified atom stereocenters. The maximum Gasteiger partial charge on any atom is 0.525 e. The quantitative estimate of drug-likeness (QED) is 0.872. The zero-order valence-corrected chi connectivity index (χ0v) is 13.5. The number of pyridine rings is 1. The van der Waals surface area contributed by atoms with E-state index in [9.17, 15) is 0 Å². The topological polar surface area (TPSA) is 43.4 Å². The van der Waals surface area contributed by atoms with Crippen molar-refractivity contribution in [2.75, 3.05) is 13.1 Å². The molecule has 0 bridgehead atoms. The van der Waals surface area contributed by atoms with Gasteiger partial charge in [0.25, 0.3) is 0 Å². The molecule has 1 aromatic rings. The maximum atomic E-state index is 15.2. The summed E-state index contributed by atoms with van der Waals surface area (Å²) in [5.74, 6) is 0.105. The molecule has 1 aromatic heterocycles. The first-order valence-electron chi connectivity index (χ1n) is 7.69. The number of rotatable bonds is 3. The standard InChI is InChI=1S/C16H22BFN2O2/c1-15(2)16(3,4)22-17(21-15)14(18)13(11-9-19-10-11)12-7-5-6-8-20-12/h5-8,11,19H,9-10H2,1-4H3. The van der Waals surface area contributed by atoms with Crippen LogP contribution in [0.1, 0.15) is 33.4 Å². The summed E-state index contributed by atoms with van der Waals surface area (Å²) in [6.07, 6.45) is 1.68. The summed E-state index contributed by atoms with van der Waals surface area (Å²) in [5, 5.41) is 3.18. The number of hydrogen-bond acceptors (Lipinski definition) is 4. The fraction of sp³-hybridized carbons (Fsp3) is 0.562. The molecule has 2 saturated heterocycles. The fourth-order valence-corrected chi connectivity index (χ4v) is 2.61. The number of aromatic nitrogens is 1. The molecule has 4 nitrogen and oxygen atoms in total. The van der Waals surface area contributed by atoms with Crippen molar-refractivity contribution >= 4 is 12.7 Å². The van der Waals surface area contributed by atoms with Crippen molar-refractivity contribution in [3.63, 3.8) is 0 Å². The zero-order valence-electron chi connectivity index (χ0n) is 13.5. The lowest BCUT2D eigenvalue weighted by Gasteiger charge is -2.32. The van der Waals surface area contributed by atoms with Crippen molar-refractivity contribution in [3.8, 4) is 0 Å². The molecular formula is C16H22BFN2O2. The van der Waals surface area contributed by atoms with Gasteiger partial charge in [-0.05, 0) is 39.8 Å². The van der Waals surface area contributed by atoms with E-state index in [1.807, 2.05) is 45.9 Å². The van der Waals surface area contributed by atoms with E-state index in [1.165, 1.54) is 0 Å². The lowest BCUT2D eigenvalue weighted by molar-refractivity contribution is 0.00578. The van der Waals surface area contributed by atoms with Crippen molar-refractivity contribution < 1.29 is 13.7 Å². The Balaban J connectivity index is 1.97. The Morgan fingerprint density at radius 2 is 1.86 bits per heavy atom. The first-order chi connectivity index (χ1) is 10.3. The molecule has 22 heavy (non-hydrogen) atoms. The van der Waals surface area contributed by atoms with Gasteiger partial charge < -0.3 is 14.6 Å². The van der Waals surface area contributed by atoms with Gasteiger partial charge in [0.05, 0.1) is 16.9 Å². The summed E-state index contributed by atoms with van der Waals surface area (Å²) >= 11 is 0. The summed E-state index contributed by atoms with van der Waals surface area (Å²) in [4.78, 5) is 4.31. The van der Waals surface area contributed by atoms with Crippen LogP contribution in [-0.4, -0.2) is 36.4 Å². The van der Waals surface area contributed by atoms with E-state index in [4.69, 9.17) is 9.31 Å². The first-order valence-corrected chi connectivity index (χ1v) is 7.69. The van der Waals surface area contributed by atoms with Gasteiger partial charge in [0.15, 0.2) is 0 Å². The Labute approximate surface area is 131 Å². The van der Waals surface area contributed by atoms with Crippen molar-refractivity contribution in [3.05, 3.63) is 35.8 Å². The van der Waals surface area contributed by atoms with Crippen LogP contribution >= 0.6 is 0 Å². The lowest BCUT2D eigenvalue weighted by Crippen LogP contribution is -2.43.